The molecule has 0 atom stereocenters. The van der Waals surface area contributed by atoms with Crippen molar-refractivity contribution in [1.29, 1.82) is 0 Å². The molecule has 8 heteroatoms. The summed E-state index contributed by atoms with van der Waals surface area (Å²) < 4.78 is 2.64. The van der Waals surface area contributed by atoms with Crippen LogP contribution in [0.1, 0.15) is 16.4 Å². The number of carbonyl (C=O) groups is 1. The minimum absolute atomic E-state index is 0.0772. The summed E-state index contributed by atoms with van der Waals surface area (Å²) in [4.78, 5) is 12.2. The quantitative estimate of drug-likeness (QED) is 0.707. The predicted octanol–water partition coefficient (Wildman–Crippen LogP) is 3.38. The van der Waals surface area contributed by atoms with Crippen molar-refractivity contribution in [3.63, 3.8) is 0 Å². The van der Waals surface area contributed by atoms with E-state index in [9.17, 15) is 4.79 Å². The van der Waals surface area contributed by atoms with Crippen molar-refractivity contribution in [3.8, 4) is 5.69 Å². The van der Waals surface area contributed by atoms with Gasteiger partial charge < -0.3 is 5.32 Å². The number of rotatable bonds is 5. The number of aryl methyl sites for hydroxylation is 2. The van der Waals surface area contributed by atoms with Gasteiger partial charge in [-0.2, -0.15) is 5.10 Å². The lowest BCUT2D eigenvalue weighted by Crippen LogP contribution is -2.15. The Labute approximate surface area is 148 Å². The molecule has 3 aromatic rings. The summed E-state index contributed by atoms with van der Waals surface area (Å²) >= 11 is 2.88. The largest absolute Gasteiger partial charge is 0.322 e. The Morgan fingerprint density at radius 1 is 1.21 bits per heavy atom. The molecule has 2 aromatic heterocycles. The Morgan fingerprint density at radius 3 is 2.62 bits per heavy atom. The van der Waals surface area contributed by atoms with Crippen LogP contribution in [0.3, 0.4) is 0 Å². The van der Waals surface area contributed by atoms with Crippen molar-refractivity contribution in [2.45, 2.75) is 25.1 Å². The number of amides is 1. The van der Waals surface area contributed by atoms with Gasteiger partial charge in [-0.25, -0.2) is 4.68 Å². The Morgan fingerprint density at radius 2 is 1.96 bits per heavy atom. The first-order chi connectivity index (χ1) is 11.5. The summed E-state index contributed by atoms with van der Waals surface area (Å²) in [7, 11) is 0. The lowest BCUT2D eigenvalue weighted by Gasteiger charge is -2.06. The fourth-order valence-electron chi connectivity index (χ4n) is 2.28. The molecule has 0 bridgehead atoms. The minimum Gasteiger partial charge on any atom is -0.322 e. The molecule has 24 heavy (non-hydrogen) atoms. The average molecular weight is 359 g/mol. The second-order valence-corrected chi connectivity index (χ2v) is 7.62. The number of nitrogens with zero attached hydrogens (tertiary/aromatic N) is 4. The van der Waals surface area contributed by atoms with Gasteiger partial charge in [0.05, 0.1) is 28.5 Å². The maximum Gasteiger partial charge on any atom is 0.234 e. The number of benzene rings is 1. The molecular formula is C16H17N5OS2. The molecule has 0 saturated heterocycles. The number of aromatic nitrogens is 4. The summed E-state index contributed by atoms with van der Waals surface area (Å²) in [5.74, 6) is 0.219. The molecule has 6 nitrogen and oxygen atoms in total. The van der Waals surface area contributed by atoms with Crippen LogP contribution in [0.25, 0.3) is 5.69 Å². The van der Waals surface area contributed by atoms with Crippen LogP contribution < -0.4 is 5.32 Å². The van der Waals surface area contributed by atoms with E-state index < -0.39 is 0 Å². The molecule has 0 radical (unpaired) electrons. The Kier molecular flexibility index (Phi) is 4.96. The predicted molar refractivity (Wildman–Crippen MR) is 97.0 cm³/mol. The zero-order chi connectivity index (χ0) is 17.1. The van der Waals surface area contributed by atoms with Crippen LogP contribution in [0, 0.1) is 20.8 Å². The lowest BCUT2D eigenvalue weighted by atomic mass is 10.3. The SMILES string of the molecule is Cc1nnc(SCC(=O)Nc2c(C)nn(-c3ccccc3)c2C)s1. The van der Waals surface area contributed by atoms with Gasteiger partial charge in [0.25, 0.3) is 0 Å². The molecule has 0 aliphatic heterocycles. The van der Waals surface area contributed by atoms with E-state index in [1.54, 1.807) is 0 Å². The van der Waals surface area contributed by atoms with Crippen LogP contribution in [0.5, 0.6) is 0 Å². The highest BCUT2D eigenvalue weighted by Crippen LogP contribution is 2.25. The van der Waals surface area contributed by atoms with E-state index in [0.29, 0.717) is 5.75 Å². The first-order valence-electron chi connectivity index (χ1n) is 7.39. The normalized spacial score (nSPS) is 10.8. The molecule has 0 aliphatic rings. The van der Waals surface area contributed by atoms with Gasteiger partial charge >= 0.3 is 0 Å². The number of hydrogen-bond acceptors (Lipinski definition) is 6. The topological polar surface area (TPSA) is 72.7 Å². The molecule has 0 unspecified atom stereocenters. The molecule has 1 amide bonds. The standard InChI is InChI=1S/C16H17N5OS2/c1-10-15(11(2)21(20-10)13-7-5-4-6-8-13)17-14(22)9-23-16-19-18-12(3)24-16/h4-8H,9H2,1-3H3,(H,17,22). The van der Waals surface area contributed by atoms with Crippen LogP contribution in [-0.4, -0.2) is 31.6 Å². The zero-order valence-corrected chi connectivity index (χ0v) is 15.2. The molecule has 3 rings (SSSR count). The molecule has 1 aromatic carbocycles. The second kappa shape index (κ2) is 7.14. The van der Waals surface area contributed by atoms with Crippen LogP contribution in [0.15, 0.2) is 34.7 Å². The van der Waals surface area contributed by atoms with E-state index in [4.69, 9.17) is 0 Å². The maximum absolute atomic E-state index is 12.2. The van der Waals surface area contributed by atoms with E-state index in [1.807, 2.05) is 55.8 Å². The molecule has 0 spiro atoms. The number of anilines is 1. The Balaban J connectivity index is 1.71. The van der Waals surface area contributed by atoms with Gasteiger partial charge in [0.2, 0.25) is 5.91 Å². The van der Waals surface area contributed by atoms with E-state index in [2.05, 4.69) is 20.6 Å². The van der Waals surface area contributed by atoms with Crippen LogP contribution in [0.4, 0.5) is 5.69 Å². The van der Waals surface area contributed by atoms with Crippen LogP contribution >= 0.6 is 23.1 Å². The second-order valence-electron chi connectivity index (χ2n) is 5.22. The third-order valence-corrected chi connectivity index (χ3v) is 5.36. The molecular weight excluding hydrogens is 342 g/mol. The van der Waals surface area contributed by atoms with Crippen molar-refractivity contribution < 1.29 is 4.79 Å². The van der Waals surface area contributed by atoms with Gasteiger partial charge in [0.15, 0.2) is 4.34 Å². The van der Waals surface area contributed by atoms with Gasteiger partial charge in [0.1, 0.15) is 5.01 Å². The Bertz CT molecular complexity index is 857. The van der Waals surface area contributed by atoms with Crippen LogP contribution in [0.2, 0.25) is 0 Å². The van der Waals surface area contributed by atoms with E-state index in [-0.39, 0.29) is 5.91 Å². The highest BCUT2D eigenvalue weighted by Gasteiger charge is 2.15. The van der Waals surface area contributed by atoms with Gasteiger partial charge in [-0.05, 0) is 32.9 Å². The van der Waals surface area contributed by atoms with Gasteiger partial charge in [-0.15, -0.1) is 10.2 Å². The maximum atomic E-state index is 12.2. The Hall–Kier alpha value is -2.19. The monoisotopic (exact) mass is 359 g/mol. The molecule has 0 fully saturated rings. The highest BCUT2D eigenvalue weighted by atomic mass is 32.2. The van der Waals surface area contributed by atoms with E-state index in [1.165, 1.54) is 23.1 Å². The fourth-order valence-corrected chi connectivity index (χ4v) is 3.90. The molecule has 0 aliphatic carbocycles. The van der Waals surface area contributed by atoms with Gasteiger partial charge in [0, 0.05) is 0 Å². The first kappa shape index (κ1) is 16.7. The molecule has 2 heterocycles. The first-order valence-corrected chi connectivity index (χ1v) is 9.19. The summed E-state index contributed by atoms with van der Waals surface area (Å²) in [6, 6.07) is 9.86. The third kappa shape index (κ3) is 3.65. The smallest absolute Gasteiger partial charge is 0.234 e. The average Bonchev–Trinajstić information content (AvgIpc) is 3.12. The van der Waals surface area contributed by atoms with Gasteiger partial charge in [-0.1, -0.05) is 41.3 Å². The number of thioether (sulfide) groups is 1. The number of carbonyl (C=O) groups excluding carboxylic acids is 1. The number of nitrogens with one attached hydrogen (secondary N) is 1. The summed E-state index contributed by atoms with van der Waals surface area (Å²) in [5.41, 5.74) is 3.43. The number of hydrogen-bond donors (Lipinski definition) is 1. The minimum atomic E-state index is -0.0772. The van der Waals surface area contributed by atoms with Crippen molar-refractivity contribution in [2.24, 2.45) is 0 Å². The lowest BCUT2D eigenvalue weighted by molar-refractivity contribution is -0.113. The summed E-state index contributed by atoms with van der Waals surface area (Å²) in [6.07, 6.45) is 0. The fraction of sp³-hybridized carbons (Fsp3) is 0.250. The molecule has 1 N–H and O–H groups in total. The van der Waals surface area contributed by atoms with E-state index in [0.717, 1.165) is 32.1 Å². The molecule has 0 saturated carbocycles. The van der Waals surface area contributed by atoms with Crippen LogP contribution in [-0.2, 0) is 4.79 Å². The van der Waals surface area contributed by atoms with Crippen molar-refractivity contribution >= 4 is 34.7 Å². The summed E-state index contributed by atoms with van der Waals surface area (Å²) in [6.45, 7) is 5.74. The van der Waals surface area contributed by atoms with E-state index >= 15 is 0 Å². The van der Waals surface area contributed by atoms with Crippen molar-refractivity contribution in [1.82, 2.24) is 20.0 Å². The zero-order valence-electron chi connectivity index (χ0n) is 13.6. The number of para-hydroxylation sites is 1. The third-order valence-electron chi connectivity index (χ3n) is 3.39. The molecule has 124 valence electrons. The van der Waals surface area contributed by atoms with Gasteiger partial charge in [-0.3, -0.25) is 4.79 Å². The summed E-state index contributed by atoms with van der Waals surface area (Å²) in [5, 5.41) is 16.3. The van der Waals surface area contributed by atoms with Crippen molar-refractivity contribution in [2.75, 3.05) is 11.1 Å². The van der Waals surface area contributed by atoms with Crippen molar-refractivity contribution in [3.05, 3.63) is 46.7 Å². The highest BCUT2D eigenvalue weighted by molar-refractivity contribution is 8.01.